The van der Waals surface area contributed by atoms with Crippen LogP contribution in [0.4, 0.5) is 0 Å². The van der Waals surface area contributed by atoms with E-state index < -0.39 is 5.41 Å². The molecule has 258 valence electrons. The standard InChI is InChI=1S/C51H32N2OS/c1-2-12-31(13-3-1)32-22-24-34(25-23-32)50-52-47(49-48(53-50)38-16-6-11-21-45(38)55-49)35-26-28-37-42(30-35)51(41-29-27-33-14-4-5-15-36(33)46(37)41)39-17-7-9-19-43(39)54-44-20-10-8-18-40(44)51/h1-7,9,11-30H,8,10H2. The van der Waals surface area contributed by atoms with E-state index in [-0.39, 0.29) is 0 Å². The zero-order valence-electron chi connectivity index (χ0n) is 29.8. The highest BCUT2D eigenvalue weighted by molar-refractivity contribution is 7.26. The van der Waals surface area contributed by atoms with E-state index in [1.807, 2.05) is 0 Å². The van der Waals surface area contributed by atoms with Gasteiger partial charge in [0.05, 0.1) is 21.3 Å². The number of para-hydroxylation sites is 1. The van der Waals surface area contributed by atoms with E-state index in [9.17, 15) is 0 Å². The number of thiophene rings is 1. The Labute approximate surface area is 322 Å². The summed E-state index contributed by atoms with van der Waals surface area (Å²) in [7, 11) is 0. The summed E-state index contributed by atoms with van der Waals surface area (Å²) in [6.07, 6.45) is 6.66. The zero-order valence-corrected chi connectivity index (χ0v) is 30.6. The molecule has 1 atom stereocenters. The summed E-state index contributed by atoms with van der Waals surface area (Å²) in [5.74, 6) is 2.62. The Bertz CT molecular complexity index is 3120. The Morgan fingerprint density at radius 3 is 2.18 bits per heavy atom. The smallest absolute Gasteiger partial charge is 0.160 e. The summed E-state index contributed by atoms with van der Waals surface area (Å²) in [6, 6.07) is 57.0. The average molecular weight is 721 g/mol. The maximum atomic E-state index is 6.72. The minimum Gasteiger partial charge on any atom is -0.457 e. The number of fused-ring (bicyclic) bond motifs is 14. The molecule has 2 aliphatic carbocycles. The minimum absolute atomic E-state index is 0.547. The molecule has 1 spiro atoms. The Morgan fingerprint density at radius 1 is 0.545 bits per heavy atom. The number of nitrogens with zero attached hydrogens (tertiary/aromatic N) is 2. The summed E-state index contributed by atoms with van der Waals surface area (Å²) in [6.45, 7) is 0. The SMILES string of the molecule is C1=C2Oc3ccccc3C3(C2=CCC1)c1cc(-c2nc(-c4ccc(-c5ccccc5)cc4)nc4c2sc2ccccc24)ccc1-c1c3ccc2ccccc12. The average Bonchev–Trinajstić information content (AvgIpc) is 3.78. The van der Waals surface area contributed by atoms with Crippen LogP contribution >= 0.6 is 11.3 Å². The number of rotatable bonds is 3. The molecule has 0 amide bonds. The van der Waals surface area contributed by atoms with Crippen LogP contribution in [-0.2, 0) is 5.41 Å². The molecule has 12 rings (SSSR count). The summed E-state index contributed by atoms with van der Waals surface area (Å²) < 4.78 is 9.03. The zero-order chi connectivity index (χ0) is 36.1. The van der Waals surface area contributed by atoms with Gasteiger partial charge in [0.1, 0.15) is 11.5 Å². The number of hydrogen-bond acceptors (Lipinski definition) is 4. The topological polar surface area (TPSA) is 35.0 Å². The first-order valence-corrected chi connectivity index (χ1v) is 19.8. The number of benzene rings is 7. The van der Waals surface area contributed by atoms with Crippen LogP contribution in [0.1, 0.15) is 29.5 Å². The maximum absolute atomic E-state index is 6.72. The van der Waals surface area contributed by atoms with Crippen LogP contribution in [0, 0.1) is 0 Å². The van der Waals surface area contributed by atoms with E-state index in [4.69, 9.17) is 14.7 Å². The second-order valence-corrected chi connectivity index (χ2v) is 15.7. The van der Waals surface area contributed by atoms with Crippen molar-refractivity contribution in [2.24, 2.45) is 0 Å². The summed E-state index contributed by atoms with van der Waals surface area (Å²) in [5.41, 5.74) is 13.4. The molecule has 0 saturated carbocycles. The Hall–Kier alpha value is -6.62. The maximum Gasteiger partial charge on any atom is 0.160 e. The van der Waals surface area contributed by atoms with Gasteiger partial charge in [0.15, 0.2) is 5.82 Å². The first kappa shape index (κ1) is 30.8. The van der Waals surface area contributed by atoms with Crippen molar-refractivity contribution in [3.8, 4) is 50.6 Å². The largest absolute Gasteiger partial charge is 0.457 e. The van der Waals surface area contributed by atoms with E-state index in [2.05, 4.69) is 170 Å². The van der Waals surface area contributed by atoms with Crippen LogP contribution in [0.2, 0.25) is 0 Å². The van der Waals surface area contributed by atoms with Gasteiger partial charge in [-0.15, -0.1) is 11.3 Å². The molecule has 7 aromatic carbocycles. The molecule has 0 N–H and O–H groups in total. The van der Waals surface area contributed by atoms with Crippen LogP contribution in [0.3, 0.4) is 0 Å². The van der Waals surface area contributed by atoms with Crippen molar-refractivity contribution in [3.05, 3.63) is 198 Å². The lowest BCUT2D eigenvalue weighted by Crippen LogP contribution is -2.36. The van der Waals surface area contributed by atoms with Gasteiger partial charge in [-0.2, -0.15) is 0 Å². The number of aromatic nitrogens is 2. The van der Waals surface area contributed by atoms with Gasteiger partial charge in [-0.05, 0) is 81.3 Å². The number of hydrogen-bond donors (Lipinski definition) is 0. The summed E-state index contributed by atoms with van der Waals surface area (Å²) in [4.78, 5) is 10.8. The Morgan fingerprint density at radius 2 is 1.27 bits per heavy atom. The van der Waals surface area contributed by atoms with Crippen molar-refractivity contribution >= 4 is 42.4 Å². The van der Waals surface area contributed by atoms with E-state index in [1.54, 1.807) is 11.3 Å². The van der Waals surface area contributed by atoms with Crippen molar-refractivity contribution in [3.63, 3.8) is 0 Å². The van der Waals surface area contributed by atoms with Crippen LogP contribution in [0.5, 0.6) is 5.75 Å². The first-order valence-electron chi connectivity index (χ1n) is 19.0. The molecule has 2 aromatic heterocycles. The molecule has 3 nitrogen and oxygen atoms in total. The van der Waals surface area contributed by atoms with Crippen LogP contribution in [0.15, 0.2) is 181 Å². The second-order valence-electron chi connectivity index (χ2n) is 14.7. The van der Waals surface area contributed by atoms with Crippen molar-refractivity contribution in [2.45, 2.75) is 18.3 Å². The van der Waals surface area contributed by atoms with Crippen LogP contribution < -0.4 is 4.74 Å². The van der Waals surface area contributed by atoms with Crippen molar-refractivity contribution in [2.75, 3.05) is 0 Å². The van der Waals surface area contributed by atoms with Gasteiger partial charge in [0.25, 0.3) is 0 Å². The fourth-order valence-electron chi connectivity index (χ4n) is 9.39. The highest BCUT2D eigenvalue weighted by Gasteiger charge is 2.53. The molecule has 0 fully saturated rings. The number of ether oxygens (including phenoxy) is 1. The van der Waals surface area contributed by atoms with E-state index in [0.29, 0.717) is 0 Å². The predicted octanol–water partition coefficient (Wildman–Crippen LogP) is 13.3. The fraction of sp³-hybridized carbons (Fsp3) is 0.0588. The van der Waals surface area contributed by atoms with Crippen molar-refractivity contribution < 1.29 is 4.74 Å². The van der Waals surface area contributed by atoms with Gasteiger partial charge in [-0.3, -0.25) is 0 Å². The normalized spacial score (nSPS) is 16.7. The van der Waals surface area contributed by atoms with Gasteiger partial charge in [0, 0.05) is 32.3 Å². The minimum atomic E-state index is -0.547. The molecule has 55 heavy (non-hydrogen) atoms. The predicted molar refractivity (Wildman–Crippen MR) is 227 cm³/mol. The molecule has 0 saturated heterocycles. The fourth-order valence-corrected chi connectivity index (χ4v) is 10.5. The molecule has 1 aliphatic heterocycles. The van der Waals surface area contributed by atoms with Crippen molar-refractivity contribution in [1.29, 1.82) is 0 Å². The first-order chi connectivity index (χ1) is 27.3. The van der Waals surface area contributed by atoms with E-state index >= 15 is 0 Å². The number of allylic oxidation sites excluding steroid dienone is 3. The highest BCUT2D eigenvalue weighted by Crippen LogP contribution is 2.63. The lowest BCUT2D eigenvalue weighted by Gasteiger charge is -2.42. The van der Waals surface area contributed by atoms with E-state index in [1.165, 1.54) is 60.0 Å². The molecule has 1 unspecified atom stereocenters. The quantitative estimate of drug-likeness (QED) is 0.182. The molecule has 3 aliphatic rings. The van der Waals surface area contributed by atoms with Gasteiger partial charge < -0.3 is 4.74 Å². The second kappa shape index (κ2) is 11.7. The summed E-state index contributed by atoms with van der Waals surface area (Å²) >= 11 is 1.78. The summed E-state index contributed by atoms with van der Waals surface area (Å²) in [5, 5.41) is 3.67. The van der Waals surface area contributed by atoms with Crippen LogP contribution in [-0.4, -0.2) is 9.97 Å². The van der Waals surface area contributed by atoms with Gasteiger partial charge >= 0.3 is 0 Å². The lowest BCUT2D eigenvalue weighted by atomic mass is 9.64. The van der Waals surface area contributed by atoms with Gasteiger partial charge in [0.2, 0.25) is 0 Å². The third-order valence-electron chi connectivity index (χ3n) is 11.8. The van der Waals surface area contributed by atoms with E-state index in [0.717, 1.165) is 62.6 Å². The molecule has 9 aromatic rings. The molecule has 0 bridgehead atoms. The van der Waals surface area contributed by atoms with Gasteiger partial charge in [-0.25, -0.2) is 9.97 Å². The monoisotopic (exact) mass is 720 g/mol. The molecule has 4 heteroatoms. The third kappa shape index (κ3) is 4.37. The molecule has 0 radical (unpaired) electrons. The van der Waals surface area contributed by atoms with Crippen LogP contribution in [0.25, 0.3) is 76.0 Å². The Kier molecular flexibility index (Phi) is 6.55. The third-order valence-corrected chi connectivity index (χ3v) is 13.0. The highest BCUT2D eigenvalue weighted by atomic mass is 32.1. The molecular weight excluding hydrogens is 689 g/mol. The Balaban J connectivity index is 1.14. The van der Waals surface area contributed by atoms with Crippen molar-refractivity contribution in [1.82, 2.24) is 9.97 Å². The van der Waals surface area contributed by atoms with Gasteiger partial charge in [-0.1, -0.05) is 146 Å². The molecular formula is C51H32N2OS. The lowest BCUT2D eigenvalue weighted by molar-refractivity contribution is 0.383. The molecule has 3 heterocycles.